The van der Waals surface area contributed by atoms with Crippen LogP contribution in [-0.2, 0) is 4.74 Å². The molecule has 1 atom stereocenters. The third-order valence-electron chi connectivity index (χ3n) is 2.54. The van der Waals surface area contributed by atoms with Crippen molar-refractivity contribution in [1.29, 1.82) is 0 Å². The number of hydrogen-bond acceptors (Lipinski definition) is 4. The quantitative estimate of drug-likeness (QED) is 0.877. The first kappa shape index (κ1) is 11.8. The number of aromatic nitrogens is 2. The Morgan fingerprint density at radius 2 is 1.88 bits per heavy atom. The number of aryl methyl sites for hydroxylation is 1. The summed E-state index contributed by atoms with van der Waals surface area (Å²) < 4.78 is 5.09. The van der Waals surface area contributed by atoms with E-state index in [1.807, 2.05) is 31.2 Å². The third-order valence-corrected chi connectivity index (χ3v) is 2.54. The lowest BCUT2D eigenvalue weighted by Gasteiger charge is -2.15. The first-order chi connectivity index (χ1) is 8.20. The van der Waals surface area contributed by atoms with Crippen LogP contribution >= 0.6 is 0 Å². The Bertz CT molecular complexity index is 513. The van der Waals surface area contributed by atoms with Gasteiger partial charge in [-0.3, -0.25) is 0 Å². The highest BCUT2D eigenvalue weighted by atomic mass is 16.5. The fraction of sp³-hybridized carbons (Fsp3) is 0.385. The molecule has 1 aromatic carbocycles. The Hall–Kier alpha value is -1.68. The second-order valence-corrected chi connectivity index (χ2v) is 4.15. The molecule has 0 radical (unpaired) electrons. The molecule has 1 unspecified atom stereocenters. The Kier molecular flexibility index (Phi) is 3.54. The van der Waals surface area contributed by atoms with Gasteiger partial charge >= 0.3 is 0 Å². The first-order valence-corrected chi connectivity index (χ1v) is 5.69. The van der Waals surface area contributed by atoms with Crippen LogP contribution in [0.4, 0.5) is 5.82 Å². The molecule has 0 spiro atoms. The summed E-state index contributed by atoms with van der Waals surface area (Å²) in [5.74, 6) is 0.827. The van der Waals surface area contributed by atoms with Crippen LogP contribution in [-0.4, -0.2) is 29.7 Å². The SMILES string of the molecule is COCC(C)Nc1nc2ccccc2nc1C. The van der Waals surface area contributed by atoms with Crippen LogP contribution in [0.5, 0.6) is 0 Å². The van der Waals surface area contributed by atoms with Crippen LogP contribution in [0.1, 0.15) is 12.6 Å². The fourth-order valence-electron chi connectivity index (χ4n) is 1.75. The van der Waals surface area contributed by atoms with Crippen LogP contribution in [0.2, 0.25) is 0 Å². The molecule has 0 saturated carbocycles. The van der Waals surface area contributed by atoms with Gasteiger partial charge in [-0.2, -0.15) is 0 Å². The number of rotatable bonds is 4. The number of nitrogens with zero attached hydrogens (tertiary/aromatic N) is 2. The summed E-state index contributed by atoms with van der Waals surface area (Å²) in [7, 11) is 1.69. The van der Waals surface area contributed by atoms with Gasteiger partial charge in [-0.25, -0.2) is 9.97 Å². The zero-order chi connectivity index (χ0) is 12.3. The molecule has 0 amide bonds. The number of para-hydroxylation sites is 2. The smallest absolute Gasteiger partial charge is 0.148 e. The molecule has 0 aliphatic carbocycles. The molecule has 1 N–H and O–H groups in total. The monoisotopic (exact) mass is 231 g/mol. The molecule has 1 aromatic heterocycles. The van der Waals surface area contributed by atoms with E-state index in [2.05, 4.69) is 22.2 Å². The maximum absolute atomic E-state index is 5.09. The van der Waals surface area contributed by atoms with Crippen LogP contribution in [0.25, 0.3) is 11.0 Å². The number of hydrogen-bond donors (Lipinski definition) is 1. The molecular formula is C13H17N3O. The molecule has 2 rings (SSSR count). The third kappa shape index (κ3) is 2.71. The number of benzene rings is 1. The van der Waals surface area contributed by atoms with Crippen molar-refractivity contribution in [3.05, 3.63) is 30.0 Å². The second-order valence-electron chi connectivity index (χ2n) is 4.15. The minimum Gasteiger partial charge on any atom is -0.383 e. The molecule has 2 aromatic rings. The summed E-state index contributed by atoms with van der Waals surface area (Å²) in [5.41, 5.74) is 2.74. The van der Waals surface area contributed by atoms with Crippen LogP contribution in [0, 0.1) is 6.92 Å². The van der Waals surface area contributed by atoms with Gasteiger partial charge in [0.25, 0.3) is 0 Å². The van der Waals surface area contributed by atoms with E-state index in [-0.39, 0.29) is 6.04 Å². The highest BCUT2D eigenvalue weighted by Crippen LogP contribution is 2.16. The Balaban J connectivity index is 2.31. The lowest BCUT2D eigenvalue weighted by atomic mass is 10.3. The van der Waals surface area contributed by atoms with E-state index in [9.17, 15) is 0 Å². The molecule has 0 aliphatic heterocycles. The van der Waals surface area contributed by atoms with Crippen molar-refractivity contribution in [3.63, 3.8) is 0 Å². The second kappa shape index (κ2) is 5.10. The largest absolute Gasteiger partial charge is 0.383 e. The summed E-state index contributed by atoms with van der Waals surface area (Å²) >= 11 is 0. The van der Waals surface area contributed by atoms with Gasteiger partial charge in [0.15, 0.2) is 0 Å². The number of ether oxygens (including phenoxy) is 1. The maximum atomic E-state index is 5.09. The molecule has 0 fully saturated rings. The van der Waals surface area contributed by atoms with E-state index in [0.717, 1.165) is 22.5 Å². The van der Waals surface area contributed by atoms with Gasteiger partial charge in [-0.05, 0) is 26.0 Å². The molecule has 0 bridgehead atoms. The van der Waals surface area contributed by atoms with Crippen molar-refractivity contribution in [2.45, 2.75) is 19.9 Å². The van der Waals surface area contributed by atoms with E-state index >= 15 is 0 Å². The van der Waals surface area contributed by atoms with Crippen molar-refractivity contribution in [3.8, 4) is 0 Å². The van der Waals surface area contributed by atoms with Crippen LogP contribution in [0.15, 0.2) is 24.3 Å². The summed E-state index contributed by atoms with van der Waals surface area (Å²) in [4.78, 5) is 9.09. The average Bonchev–Trinajstić information content (AvgIpc) is 2.30. The predicted molar refractivity (Wildman–Crippen MR) is 69.2 cm³/mol. The summed E-state index contributed by atoms with van der Waals surface area (Å²) in [6.07, 6.45) is 0. The zero-order valence-corrected chi connectivity index (χ0v) is 10.4. The van der Waals surface area contributed by atoms with Gasteiger partial charge < -0.3 is 10.1 Å². The normalized spacial score (nSPS) is 12.6. The number of fused-ring (bicyclic) bond motifs is 1. The summed E-state index contributed by atoms with van der Waals surface area (Å²) in [5, 5.41) is 3.30. The standard InChI is InChI=1S/C13H17N3O/c1-9(8-17-3)14-13-10(2)15-11-6-4-5-7-12(11)16-13/h4-7,9H,8H2,1-3H3,(H,14,16). The van der Waals surface area contributed by atoms with Gasteiger partial charge in [0.1, 0.15) is 5.82 Å². The van der Waals surface area contributed by atoms with Crippen molar-refractivity contribution in [2.24, 2.45) is 0 Å². The molecule has 17 heavy (non-hydrogen) atoms. The molecule has 0 saturated heterocycles. The lowest BCUT2D eigenvalue weighted by molar-refractivity contribution is 0.190. The highest BCUT2D eigenvalue weighted by molar-refractivity contribution is 5.76. The Morgan fingerprint density at radius 1 is 1.24 bits per heavy atom. The van der Waals surface area contributed by atoms with Gasteiger partial charge in [0.05, 0.1) is 23.3 Å². The zero-order valence-electron chi connectivity index (χ0n) is 10.4. The van der Waals surface area contributed by atoms with Crippen molar-refractivity contribution < 1.29 is 4.74 Å². The lowest BCUT2D eigenvalue weighted by Crippen LogP contribution is -2.22. The van der Waals surface area contributed by atoms with Gasteiger partial charge in [-0.1, -0.05) is 12.1 Å². The van der Waals surface area contributed by atoms with E-state index in [4.69, 9.17) is 4.74 Å². The molecule has 4 nitrogen and oxygen atoms in total. The average molecular weight is 231 g/mol. The van der Waals surface area contributed by atoms with Gasteiger partial charge in [0.2, 0.25) is 0 Å². The first-order valence-electron chi connectivity index (χ1n) is 5.69. The Morgan fingerprint density at radius 3 is 2.53 bits per heavy atom. The maximum Gasteiger partial charge on any atom is 0.148 e. The molecule has 4 heteroatoms. The highest BCUT2D eigenvalue weighted by Gasteiger charge is 2.07. The number of methoxy groups -OCH3 is 1. The summed E-state index contributed by atoms with van der Waals surface area (Å²) in [6, 6.07) is 8.09. The van der Waals surface area contributed by atoms with E-state index in [0.29, 0.717) is 6.61 Å². The van der Waals surface area contributed by atoms with Crippen molar-refractivity contribution in [1.82, 2.24) is 9.97 Å². The van der Waals surface area contributed by atoms with Crippen molar-refractivity contribution >= 4 is 16.9 Å². The fourth-order valence-corrected chi connectivity index (χ4v) is 1.75. The topological polar surface area (TPSA) is 47.0 Å². The van der Waals surface area contributed by atoms with Crippen molar-refractivity contribution in [2.75, 3.05) is 19.0 Å². The number of anilines is 1. The minimum atomic E-state index is 0.217. The summed E-state index contributed by atoms with van der Waals surface area (Å²) in [6.45, 7) is 4.66. The van der Waals surface area contributed by atoms with E-state index < -0.39 is 0 Å². The van der Waals surface area contributed by atoms with Gasteiger partial charge in [0, 0.05) is 13.2 Å². The van der Waals surface area contributed by atoms with E-state index in [1.54, 1.807) is 7.11 Å². The van der Waals surface area contributed by atoms with Crippen LogP contribution < -0.4 is 5.32 Å². The Labute approximate surface area is 101 Å². The minimum absolute atomic E-state index is 0.217. The van der Waals surface area contributed by atoms with Gasteiger partial charge in [-0.15, -0.1) is 0 Å². The molecule has 1 heterocycles. The molecule has 90 valence electrons. The number of nitrogens with one attached hydrogen (secondary N) is 1. The molecular weight excluding hydrogens is 214 g/mol. The predicted octanol–water partition coefficient (Wildman–Crippen LogP) is 2.39. The van der Waals surface area contributed by atoms with E-state index in [1.165, 1.54) is 0 Å². The molecule has 0 aliphatic rings. The van der Waals surface area contributed by atoms with Crippen LogP contribution in [0.3, 0.4) is 0 Å².